The summed E-state index contributed by atoms with van der Waals surface area (Å²) in [7, 11) is 1.38. The Morgan fingerprint density at radius 1 is 1.25 bits per heavy atom. The number of hydrogen-bond acceptors (Lipinski definition) is 4. The number of aliphatic carboxylic acids is 1. The number of carbonyl (C=O) groups excluding carboxylic acids is 3. The maximum Gasteiger partial charge on any atom is 0.328 e. The lowest BCUT2D eigenvalue weighted by Gasteiger charge is -2.23. The van der Waals surface area contributed by atoms with Crippen molar-refractivity contribution in [3.8, 4) is 0 Å². The first-order valence-corrected chi connectivity index (χ1v) is 5.79. The van der Waals surface area contributed by atoms with E-state index >= 15 is 0 Å². The van der Waals surface area contributed by atoms with Crippen molar-refractivity contribution < 1.29 is 24.3 Å². The summed E-state index contributed by atoms with van der Waals surface area (Å²) in [5, 5.41) is 8.47. The third-order valence-electron chi connectivity index (χ3n) is 3.02. The first-order valence-electron chi connectivity index (χ1n) is 5.79. The number of likely N-dealkylation sites (N-methyl/N-ethyl adjacent to an activating group) is 1. The number of carbonyl (C=O) groups is 4. The van der Waals surface area contributed by atoms with Crippen LogP contribution in [0.5, 0.6) is 0 Å². The number of benzene rings is 1. The van der Waals surface area contributed by atoms with E-state index in [0.29, 0.717) is 11.1 Å². The quantitative estimate of drug-likeness (QED) is 0.496. The molecule has 0 radical (unpaired) electrons. The minimum absolute atomic E-state index is 0.108. The summed E-state index contributed by atoms with van der Waals surface area (Å²) in [4.78, 5) is 46.6. The zero-order chi connectivity index (χ0) is 14.9. The molecule has 1 aromatic carbocycles. The predicted octanol–water partition coefficient (Wildman–Crippen LogP) is 0.665. The van der Waals surface area contributed by atoms with Crippen LogP contribution in [0, 0.1) is 0 Å². The van der Waals surface area contributed by atoms with Gasteiger partial charge in [-0.25, -0.2) is 4.79 Å². The van der Waals surface area contributed by atoms with Crippen LogP contribution < -0.4 is 0 Å². The lowest BCUT2D eigenvalue weighted by Crippen LogP contribution is -2.39. The van der Waals surface area contributed by atoms with Crippen molar-refractivity contribution in [3.63, 3.8) is 0 Å². The summed E-state index contributed by atoms with van der Waals surface area (Å²) in [5.41, 5.74) is 1.07. The fourth-order valence-corrected chi connectivity index (χ4v) is 1.90. The molecule has 0 atom stereocenters. The maximum atomic E-state index is 11.9. The van der Waals surface area contributed by atoms with E-state index in [0.717, 1.165) is 17.1 Å². The standard InChI is InChI=1S/C14H11NO5/c1-15-12(17)7-8-2-3-9(6-10(8)14(15)20)11(16)4-5-13(18)19/h2-6H,7H2,1H3,(H,18,19). The summed E-state index contributed by atoms with van der Waals surface area (Å²) in [6.07, 6.45) is 1.77. The van der Waals surface area contributed by atoms with Gasteiger partial charge < -0.3 is 5.11 Å². The second-order valence-corrected chi connectivity index (χ2v) is 4.34. The molecular formula is C14H11NO5. The van der Waals surface area contributed by atoms with Gasteiger partial charge in [0.1, 0.15) is 0 Å². The van der Waals surface area contributed by atoms with Gasteiger partial charge in [-0.05, 0) is 17.7 Å². The third-order valence-corrected chi connectivity index (χ3v) is 3.02. The Bertz CT molecular complexity index is 660. The molecule has 20 heavy (non-hydrogen) atoms. The van der Waals surface area contributed by atoms with E-state index in [1.807, 2.05) is 0 Å². The van der Waals surface area contributed by atoms with Crippen LogP contribution in [0.1, 0.15) is 26.3 Å². The molecule has 0 aromatic heterocycles. The lowest BCUT2D eigenvalue weighted by atomic mass is 9.95. The molecule has 0 bridgehead atoms. The van der Waals surface area contributed by atoms with E-state index in [1.54, 1.807) is 6.07 Å². The number of amides is 2. The second kappa shape index (κ2) is 5.08. The largest absolute Gasteiger partial charge is 0.478 e. The van der Waals surface area contributed by atoms with Gasteiger partial charge in [-0.3, -0.25) is 19.3 Å². The fraction of sp³-hybridized carbons (Fsp3) is 0.143. The molecule has 0 spiro atoms. The van der Waals surface area contributed by atoms with Gasteiger partial charge in [0.15, 0.2) is 5.78 Å². The number of ketones is 1. The molecule has 0 saturated heterocycles. The van der Waals surface area contributed by atoms with E-state index in [1.165, 1.54) is 19.2 Å². The van der Waals surface area contributed by atoms with Gasteiger partial charge in [0.25, 0.3) is 5.91 Å². The van der Waals surface area contributed by atoms with Crippen molar-refractivity contribution in [1.29, 1.82) is 0 Å². The third kappa shape index (κ3) is 2.49. The SMILES string of the molecule is CN1C(=O)Cc2ccc(C(=O)C=CC(=O)O)cc2C1=O. The topological polar surface area (TPSA) is 91.8 Å². The van der Waals surface area contributed by atoms with Crippen molar-refractivity contribution in [2.45, 2.75) is 6.42 Å². The van der Waals surface area contributed by atoms with Gasteiger partial charge in [-0.1, -0.05) is 12.1 Å². The number of hydrogen-bond donors (Lipinski definition) is 1. The molecule has 1 aliphatic heterocycles. The van der Waals surface area contributed by atoms with Crippen molar-refractivity contribution in [3.05, 3.63) is 47.0 Å². The zero-order valence-electron chi connectivity index (χ0n) is 10.6. The van der Waals surface area contributed by atoms with Crippen LogP contribution >= 0.6 is 0 Å². The second-order valence-electron chi connectivity index (χ2n) is 4.34. The lowest BCUT2D eigenvalue weighted by molar-refractivity contribution is -0.131. The zero-order valence-corrected chi connectivity index (χ0v) is 10.6. The van der Waals surface area contributed by atoms with Crippen molar-refractivity contribution in [2.24, 2.45) is 0 Å². The number of nitrogens with zero attached hydrogens (tertiary/aromatic N) is 1. The highest BCUT2D eigenvalue weighted by atomic mass is 16.4. The Hall–Kier alpha value is -2.76. The molecule has 1 aliphatic rings. The van der Waals surface area contributed by atoms with Crippen molar-refractivity contribution >= 4 is 23.6 Å². The molecule has 6 heteroatoms. The normalized spacial score (nSPS) is 14.6. The molecule has 0 fully saturated rings. The molecule has 1 N–H and O–H groups in total. The number of fused-ring (bicyclic) bond motifs is 1. The molecule has 102 valence electrons. The minimum atomic E-state index is -1.22. The highest BCUT2D eigenvalue weighted by Gasteiger charge is 2.28. The Labute approximate surface area is 114 Å². The molecule has 2 amide bonds. The highest BCUT2D eigenvalue weighted by Crippen LogP contribution is 2.20. The van der Waals surface area contributed by atoms with Crippen LogP contribution in [0.25, 0.3) is 0 Å². The molecular weight excluding hydrogens is 262 g/mol. The monoisotopic (exact) mass is 273 g/mol. The molecule has 6 nitrogen and oxygen atoms in total. The van der Waals surface area contributed by atoms with E-state index in [9.17, 15) is 19.2 Å². The molecule has 0 unspecified atom stereocenters. The van der Waals surface area contributed by atoms with Gasteiger partial charge in [0.05, 0.1) is 6.42 Å². The molecule has 2 rings (SSSR count). The Morgan fingerprint density at radius 3 is 2.60 bits per heavy atom. The number of carboxylic acid groups (broad SMARTS) is 1. The van der Waals surface area contributed by atoms with E-state index < -0.39 is 17.7 Å². The summed E-state index contributed by atoms with van der Waals surface area (Å²) in [6, 6.07) is 4.40. The van der Waals surface area contributed by atoms with E-state index in [-0.39, 0.29) is 17.9 Å². The Kier molecular flexibility index (Phi) is 3.47. The summed E-state index contributed by atoms with van der Waals surface area (Å²) < 4.78 is 0. The summed E-state index contributed by atoms with van der Waals surface area (Å²) >= 11 is 0. The maximum absolute atomic E-state index is 11.9. The smallest absolute Gasteiger partial charge is 0.328 e. The number of imide groups is 1. The molecule has 1 heterocycles. The van der Waals surface area contributed by atoms with Gasteiger partial charge >= 0.3 is 5.97 Å². The molecule has 0 saturated carbocycles. The van der Waals surface area contributed by atoms with Crippen molar-refractivity contribution in [1.82, 2.24) is 4.90 Å². The summed E-state index contributed by atoms with van der Waals surface area (Å²) in [6.45, 7) is 0. The van der Waals surface area contributed by atoms with Gasteiger partial charge in [-0.15, -0.1) is 0 Å². The molecule has 1 aromatic rings. The number of allylic oxidation sites excluding steroid dienone is 1. The van der Waals surface area contributed by atoms with Crippen LogP contribution in [0.2, 0.25) is 0 Å². The molecule has 0 aliphatic carbocycles. The van der Waals surface area contributed by atoms with E-state index in [4.69, 9.17) is 5.11 Å². The van der Waals surface area contributed by atoms with Crippen LogP contribution in [0.3, 0.4) is 0 Å². The van der Waals surface area contributed by atoms with Crippen LogP contribution in [-0.2, 0) is 16.0 Å². The van der Waals surface area contributed by atoms with Gasteiger partial charge in [-0.2, -0.15) is 0 Å². The van der Waals surface area contributed by atoms with Crippen molar-refractivity contribution in [2.75, 3.05) is 7.05 Å². The van der Waals surface area contributed by atoms with Gasteiger partial charge in [0, 0.05) is 24.3 Å². The Balaban J connectivity index is 2.37. The van der Waals surface area contributed by atoms with Crippen LogP contribution in [0.15, 0.2) is 30.4 Å². The van der Waals surface area contributed by atoms with Crippen LogP contribution in [0.4, 0.5) is 0 Å². The number of carboxylic acids is 1. The first-order chi connectivity index (χ1) is 9.40. The van der Waals surface area contributed by atoms with Gasteiger partial charge in [0.2, 0.25) is 5.91 Å². The first kappa shape index (κ1) is 13.7. The van der Waals surface area contributed by atoms with E-state index in [2.05, 4.69) is 0 Å². The van der Waals surface area contributed by atoms with Crippen LogP contribution in [-0.4, -0.2) is 40.6 Å². The minimum Gasteiger partial charge on any atom is -0.478 e. The average Bonchev–Trinajstić information content (AvgIpc) is 2.42. The fourth-order valence-electron chi connectivity index (χ4n) is 1.90. The highest BCUT2D eigenvalue weighted by molar-refractivity contribution is 6.12. The average molecular weight is 273 g/mol. The number of rotatable bonds is 3. The summed E-state index contributed by atoms with van der Waals surface area (Å²) in [5.74, 6) is -2.50. The Morgan fingerprint density at radius 2 is 1.95 bits per heavy atom. The predicted molar refractivity (Wildman–Crippen MR) is 68.4 cm³/mol.